The first kappa shape index (κ1) is 23.1. The maximum Gasteiger partial charge on any atom is 0.258 e. The fraction of sp³-hybridized carbons (Fsp3) is 0.217. The number of amides is 2. The normalized spacial score (nSPS) is 16.0. The highest BCUT2D eigenvalue weighted by Gasteiger charge is 2.18. The van der Waals surface area contributed by atoms with Gasteiger partial charge in [0.15, 0.2) is 0 Å². The Morgan fingerprint density at radius 1 is 0.909 bits per heavy atom. The first-order valence-corrected chi connectivity index (χ1v) is 11.2. The van der Waals surface area contributed by atoms with Crippen molar-refractivity contribution >= 4 is 46.5 Å². The average Bonchev–Trinajstić information content (AvgIpc) is 3.11. The van der Waals surface area contributed by atoms with Crippen molar-refractivity contribution in [2.75, 3.05) is 30.3 Å². The molecule has 1 atom stereocenters. The van der Waals surface area contributed by atoms with E-state index >= 15 is 0 Å². The molecule has 1 unspecified atom stereocenters. The molecule has 170 valence electrons. The predicted octanol–water partition coefficient (Wildman–Crippen LogP) is 3.91. The van der Waals surface area contributed by atoms with Gasteiger partial charge in [0.05, 0.1) is 33.6 Å². The van der Waals surface area contributed by atoms with Gasteiger partial charge in [-0.3, -0.25) is 14.6 Å². The van der Waals surface area contributed by atoms with Crippen LogP contribution in [0.2, 0.25) is 10.0 Å². The number of hydrogen-bond acceptors (Lipinski definition) is 6. The summed E-state index contributed by atoms with van der Waals surface area (Å²) in [6, 6.07) is 11.5. The van der Waals surface area contributed by atoms with Crippen molar-refractivity contribution < 1.29 is 9.59 Å². The molecule has 3 aromatic rings. The number of benzene rings is 1. The Morgan fingerprint density at radius 3 is 2.52 bits per heavy atom. The van der Waals surface area contributed by atoms with Crippen molar-refractivity contribution in [1.29, 1.82) is 0 Å². The van der Waals surface area contributed by atoms with E-state index in [1.807, 2.05) is 6.07 Å². The standard InChI is InChI=1S/C23H22Cl2N6O2/c24-15-3-6-18(17(10-15)23(33)31-21-7-4-16(25)12-29-21)30-22(32)14-2-5-19(28-11-14)20-13-26-8-1-9-27-20/h2-7,10-12,20,26-27H,1,8-9,13H2,(H,30,32)(H,29,31,33). The molecule has 1 fully saturated rings. The van der Waals surface area contributed by atoms with E-state index in [4.69, 9.17) is 23.2 Å². The van der Waals surface area contributed by atoms with E-state index in [0.717, 1.165) is 31.7 Å². The highest BCUT2D eigenvalue weighted by molar-refractivity contribution is 6.31. The minimum absolute atomic E-state index is 0.0950. The molecule has 3 heterocycles. The molecule has 1 aliphatic rings. The van der Waals surface area contributed by atoms with Gasteiger partial charge in [-0.15, -0.1) is 0 Å². The summed E-state index contributed by atoms with van der Waals surface area (Å²) >= 11 is 11.9. The van der Waals surface area contributed by atoms with Crippen molar-refractivity contribution in [1.82, 2.24) is 20.6 Å². The second-order valence-electron chi connectivity index (χ2n) is 7.50. The summed E-state index contributed by atoms with van der Waals surface area (Å²) in [5.74, 6) is -0.534. The van der Waals surface area contributed by atoms with Crippen LogP contribution in [-0.4, -0.2) is 41.4 Å². The van der Waals surface area contributed by atoms with Crippen molar-refractivity contribution in [3.05, 3.63) is 81.7 Å². The van der Waals surface area contributed by atoms with Crippen LogP contribution in [0, 0.1) is 0 Å². The molecule has 4 rings (SSSR count). The summed E-state index contributed by atoms with van der Waals surface area (Å²) in [6.07, 6.45) is 4.02. The third kappa shape index (κ3) is 6.06. The smallest absolute Gasteiger partial charge is 0.258 e. The van der Waals surface area contributed by atoms with E-state index < -0.39 is 5.91 Å². The average molecular weight is 485 g/mol. The molecule has 0 radical (unpaired) electrons. The second kappa shape index (κ2) is 10.7. The zero-order chi connectivity index (χ0) is 23.2. The van der Waals surface area contributed by atoms with Gasteiger partial charge in [-0.1, -0.05) is 23.2 Å². The van der Waals surface area contributed by atoms with Gasteiger partial charge in [0.25, 0.3) is 11.8 Å². The number of aromatic nitrogens is 2. The van der Waals surface area contributed by atoms with E-state index in [2.05, 4.69) is 31.2 Å². The summed E-state index contributed by atoms with van der Waals surface area (Å²) in [6.45, 7) is 2.66. The molecule has 8 nitrogen and oxygen atoms in total. The number of nitrogens with zero attached hydrogens (tertiary/aromatic N) is 2. The number of hydrogen-bond donors (Lipinski definition) is 4. The van der Waals surface area contributed by atoms with Gasteiger partial charge in [0, 0.05) is 24.0 Å². The number of pyridine rings is 2. The molecule has 1 aromatic carbocycles. The van der Waals surface area contributed by atoms with Crippen molar-refractivity contribution in [2.45, 2.75) is 12.5 Å². The summed E-state index contributed by atoms with van der Waals surface area (Å²) in [4.78, 5) is 34.2. The highest BCUT2D eigenvalue weighted by Crippen LogP contribution is 2.23. The van der Waals surface area contributed by atoms with E-state index in [-0.39, 0.29) is 17.5 Å². The molecule has 2 amide bonds. The van der Waals surface area contributed by atoms with Crippen LogP contribution in [0.5, 0.6) is 0 Å². The van der Waals surface area contributed by atoms with Gasteiger partial charge in [-0.2, -0.15) is 0 Å². The minimum atomic E-state index is -0.469. The van der Waals surface area contributed by atoms with Crippen LogP contribution in [0.25, 0.3) is 0 Å². The zero-order valence-corrected chi connectivity index (χ0v) is 19.1. The minimum Gasteiger partial charge on any atom is -0.321 e. The molecule has 33 heavy (non-hydrogen) atoms. The molecule has 1 saturated heterocycles. The number of halogens is 2. The van der Waals surface area contributed by atoms with Gasteiger partial charge < -0.3 is 21.3 Å². The molecule has 4 N–H and O–H groups in total. The molecule has 1 aliphatic heterocycles. The third-order valence-corrected chi connectivity index (χ3v) is 5.58. The predicted molar refractivity (Wildman–Crippen MR) is 129 cm³/mol. The molecule has 10 heteroatoms. The lowest BCUT2D eigenvalue weighted by Gasteiger charge is -2.15. The number of carbonyl (C=O) groups is 2. The van der Waals surface area contributed by atoms with Crippen LogP contribution in [-0.2, 0) is 0 Å². The van der Waals surface area contributed by atoms with Crippen LogP contribution in [0.4, 0.5) is 11.5 Å². The topological polar surface area (TPSA) is 108 Å². The SMILES string of the molecule is O=C(Nc1ccc(Cl)cc1C(=O)Nc1ccc(Cl)cn1)c1ccc(C2CNCCCN2)nc1. The summed E-state index contributed by atoms with van der Waals surface area (Å²) < 4.78 is 0. The van der Waals surface area contributed by atoms with Crippen molar-refractivity contribution in [2.24, 2.45) is 0 Å². The number of nitrogens with one attached hydrogen (secondary N) is 4. The molecular weight excluding hydrogens is 463 g/mol. The van der Waals surface area contributed by atoms with Crippen LogP contribution >= 0.6 is 23.2 Å². The maximum absolute atomic E-state index is 12.8. The lowest BCUT2D eigenvalue weighted by molar-refractivity contribution is 0.102. The van der Waals surface area contributed by atoms with Crippen molar-refractivity contribution in [3.8, 4) is 0 Å². The monoisotopic (exact) mass is 484 g/mol. The van der Waals surface area contributed by atoms with Crippen molar-refractivity contribution in [3.63, 3.8) is 0 Å². The molecule has 0 spiro atoms. The van der Waals surface area contributed by atoms with E-state index in [9.17, 15) is 9.59 Å². The van der Waals surface area contributed by atoms with Crippen LogP contribution < -0.4 is 21.3 Å². The number of anilines is 2. The Hall–Kier alpha value is -3.04. The summed E-state index contributed by atoms with van der Waals surface area (Å²) in [5, 5.41) is 13.1. The van der Waals surface area contributed by atoms with Gasteiger partial charge in [-0.25, -0.2) is 4.98 Å². The highest BCUT2D eigenvalue weighted by atomic mass is 35.5. The Balaban J connectivity index is 1.48. The van der Waals surface area contributed by atoms with Gasteiger partial charge in [-0.05, 0) is 62.0 Å². The Bertz CT molecular complexity index is 1130. The zero-order valence-electron chi connectivity index (χ0n) is 17.6. The molecule has 2 aromatic heterocycles. The fourth-order valence-electron chi connectivity index (χ4n) is 3.40. The van der Waals surface area contributed by atoms with E-state index in [1.54, 1.807) is 30.3 Å². The Morgan fingerprint density at radius 2 is 1.76 bits per heavy atom. The molecular formula is C23H22Cl2N6O2. The number of carbonyl (C=O) groups excluding carboxylic acids is 2. The molecule has 0 bridgehead atoms. The second-order valence-corrected chi connectivity index (χ2v) is 8.37. The first-order chi connectivity index (χ1) is 16.0. The summed E-state index contributed by atoms with van der Waals surface area (Å²) in [7, 11) is 0. The van der Waals surface area contributed by atoms with Gasteiger partial charge >= 0.3 is 0 Å². The third-order valence-electron chi connectivity index (χ3n) is 5.12. The largest absolute Gasteiger partial charge is 0.321 e. The van der Waals surface area contributed by atoms with Gasteiger partial charge in [0.2, 0.25) is 0 Å². The Kier molecular flexibility index (Phi) is 7.51. The van der Waals surface area contributed by atoms with E-state index in [1.165, 1.54) is 18.5 Å². The lowest BCUT2D eigenvalue weighted by Crippen LogP contribution is -2.28. The Labute approximate surface area is 201 Å². The maximum atomic E-state index is 12.8. The quantitative estimate of drug-likeness (QED) is 0.437. The summed E-state index contributed by atoms with van der Waals surface area (Å²) in [5.41, 5.74) is 1.75. The fourth-order valence-corrected chi connectivity index (χ4v) is 3.69. The van der Waals surface area contributed by atoms with Crippen LogP contribution in [0.15, 0.2) is 54.9 Å². The first-order valence-electron chi connectivity index (χ1n) is 10.4. The molecule has 0 saturated carbocycles. The van der Waals surface area contributed by atoms with Crippen LogP contribution in [0.3, 0.4) is 0 Å². The number of rotatable bonds is 5. The lowest BCUT2D eigenvalue weighted by atomic mass is 10.1. The molecule has 0 aliphatic carbocycles. The van der Waals surface area contributed by atoms with Crippen LogP contribution in [0.1, 0.15) is 38.9 Å². The van der Waals surface area contributed by atoms with E-state index in [0.29, 0.717) is 27.1 Å². The van der Waals surface area contributed by atoms with Gasteiger partial charge in [0.1, 0.15) is 5.82 Å².